The number of anilines is 3. The van der Waals surface area contributed by atoms with Crippen molar-refractivity contribution in [3.8, 4) is 44.5 Å². The van der Waals surface area contributed by atoms with Crippen LogP contribution in [0.5, 0.6) is 0 Å². The van der Waals surface area contributed by atoms with Crippen molar-refractivity contribution in [1.29, 1.82) is 0 Å². The molecule has 54 heavy (non-hydrogen) atoms. The van der Waals surface area contributed by atoms with Crippen LogP contribution >= 0.6 is 0 Å². The highest BCUT2D eigenvalue weighted by molar-refractivity contribution is 6.22. The zero-order valence-electron chi connectivity index (χ0n) is 29.6. The third-order valence-corrected chi connectivity index (χ3v) is 10.4. The van der Waals surface area contributed by atoms with Crippen LogP contribution < -0.4 is 4.90 Å². The number of nitrogens with zero attached hydrogens (tertiary/aromatic N) is 1. The fourth-order valence-electron chi connectivity index (χ4n) is 7.84. The molecule has 2 heteroatoms. The van der Waals surface area contributed by atoms with Crippen molar-refractivity contribution in [2.75, 3.05) is 4.90 Å². The van der Waals surface area contributed by atoms with E-state index < -0.39 is 0 Å². The summed E-state index contributed by atoms with van der Waals surface area (Å²) in [6.07, 6.45) is 0. The highest BCUT2D eigenvalue weighted by Gasteiger charge is 2.17. The highest BCUT2D eigenvalue weighted by atomic mass is 16.3. The Kier molecular flexibility index (Phi) is 7.85. The third kappa shape index (κ3) is 5.71. The molecule has 10 rings (SSSR count). The van der Waals surface area contributed by atoms with E-state index in [9.17, 15) is 0 Å². The number of fused-ring (bicyclic) bond motifs is 5. The van der Waals surface area contributed by atoms with Gasteiger partial charge in [0.15, 0.2) is 0 Å². The Labute approximate surface area is 314 Å². The largest absolute Gasteiger partial charge is 0.456 e. The zero-order valence-corrected chi connectivity index (χ0v) is 29.6. The summed E-state index contributed by atoms with van der Waals surface area (Å²) in [4.78, 5) is 2.32. The van der Waals surface area contributed by atoms with Gasteiger partial charge in [-0.3, -0.25) is 0 Å². The van der Waals surface area contributed by atoms with Crippen LogP contribution in [0.2, 0.25) is 0 Å². The quantitative estimate of drug-likeness (QED) is 0.166. The van der Waals surface area contributed by atoms with Gasteiger partial charge in [0.1, 0.15) is 11.2 Å². The average Bonchev–Trinajstić information content (AvgIpc) is 3.63. The molecule has 0 aliphatic heterocycles. The number of para-hydroxylation sites is 1. The first kappa shape index (κ1) is 31.6. The normalized spacial score (nSPS) is 11.3. The molecule has 9 aromatic carbocycles. The smallest absolute Gasteiger partial charge is 0.136 e. The highest BCUT2D eigenvalue weighted by Crippen LogP contribution is 2.42. The van der Waals surface area contributed by atoms with Crippen LogP contribution in [0, 0.1) is 0 Å². The molecule has 0 amide bonds. The van der Waals surface area contributed by atoms with Crippen LogP contribution in [0.25, 0.3) is 77.2 Å². The lowest BCUT2D eigenvalue weighted by Gasteiger charge is -2.26. The molecule has 0 spiro atoms. The van der Waals surface area contributed by atoms with Crippen LogP contribution in [-0.4, -0.2) is 0 Å². The Morgan fingerprint density at radius 3 is 1.50 bits per heavy atom. The van der Waals surface area contributed by atoms with Crippen LogP contribution in [-0.2, 0) is 0 Å². The van der Waals surface area contributed by atoms with Gasteiger partial charge in [0.25, 0.3) is 0 Å². The van der Waals surface area contributed by atoms with Gasteiger partial charge < -0.3 is 9.32 Å². The minimum absolute atomic E-state index is 0.891. The number of furan rings is 1. The van der Waals surface area contributed by atoms with Gasteiger partial charge in [-0.15, -0.1) is 0 Å². The summed E-state index contributed by atoms with van der Waals surface area (Å²) in [6.45, 7) is 0. The van der Waals surface area contributed by atoms with Crippen molar-refractivity contribution in [2.45, 2.75) is 0 Å². The van der Waals surface area contributed by atoms with Crippen LogP contribution in [0.3, 0.4) is 0 Å². The Morgan fingerprint density at radius 1 is 0.278 bits per heavy atom. The molecule has 0 saturated heterocycles. The first-order valence-electron chi connectivity index (χ1n) is 18.4. The summed E-state index contributed by atoms with van der Waals surface area (Å²) in [6, 6.07) is 75.7. The van der Waals surface area contributed by atoms with Gasteiger partial charge in [-0.1, -0.05) is 152 Å². The summed E-state index contributed by atoms with van der Waals surface area (Å²) < 4.78 is 6.65. The zero-order chi connectivity index (χ0) is 35.8. The van der Waals surface area contributed by atoms with E-state index in [0.717, 1.165) is 61.3 Å². The molecule has 0 unspecified atom stereocenters. The maximum absolute atomic E-state index is 6.65. The van der Waals surface area contributed by atoms with Crippen LogP contribution in [0.4, 0.5) is 17.1 Å². The van der Waals surface area contributed by atoms with Gasteiger partial charge >= 0.3 is 0 Å². The molecule has 1 aromatic heterocycles. The van der Waals surface area contributed by atoms with Crippen molar-refractivity contribution in [3.05, 3.63) is 212 Å². The molecule has 0 bridgehead atoms. The molecule has 0 fully saturated rings. The standard InChI is InChI=1S/C52H35NO/c1-4-14-36(15-5-1)37-26-29-44(30-27-37)53(43-21-8-3-9-22-43)45-23-13-20-41(33-45)39-18-12-19-40(32-39)42-28-31-48-50(34-42)54-51-35-49(38-16-6-2-7-17-38)46-24-10-11-25-47(46)52(48)51/h1-35H. The molecular formula is C52H35NO. The van der Waals surface area contributed by atoms with Crippen molar-refractivity contribution in [1.82, 2.24) is 0 Å². The van der Waals surface area contributed by atoms with Gasteiger partial charge in [-0.05, 0) is 116 Å². The second-order valence-corrected chi connectivity index (χ2v) is 13.7. The first-order chi connectivity index (χ1) is 26.8. The Bertz CT molecular complexity index is 2910. The van der Waals surface area contributed by atoms with Gasteiger partial charge in [0.2, 0.25) is 0 Å². The van der Waals surface area contributed by atoms with Gasteiger partial charge in [-0.2, -0.15) is 0 Å². The fourth-order valence-corrected chi connectivity index (χ4v) is 7.84. The Morgan fingerprint density at radius 2 is 0.778 bits per heavy atom. The number of rotatable bonds is 7. The van der Waals surface area contributed by atoms with E-state index in [2.05, 4.69) is 217 Å². The molecule has 10 aromatic rings. The van der Waals surface area contributed by atoms with Gasteiger partial charge in [0, 0.05) is 27.8 Å². The first-order valence-corrected chi connectivity index (χ1v) is 18.4. The summed E-state index contributed by atoms with van der Waals surface area (Å²) in [7, 11) is 0. The maximum Gasteiger partial charge on any atom is 0.136 e. The fraction of sp³-hybridized carbons (Fsp3) is 0. The SMILES string of the molecule is c1ccc(-c2ccc(N(c3ccccc3)c3cccc(-c4cccc(-c5ccc6c(c5)oc5cc(-c7ccccc7)c7ccccc7c56)c4)c3)cc2)cc1. The van der Waals surface area contributed by atoms with Crippen molar-refractivity contribution in [2.24, 2.45) is 0 Å². The molecule has 0 radical (unpaired) electrons. The Balaban J connectivity index is 1.02. The van der Waals surface area contributed by atoms with E-state index in [-0.39, 0.29) is 0 Å². The monoisotopic (exact) mass is 689 g/mol. The van der Waals surface area contributed by atoms with Crippen molar-refractivity contribution < 1.29 is 4.42 Å². The number of benzene rings is 9. The average molecular weight is 690 g/mol. The second kappa shape index (κ2) is 13.4. The van der Waals surface area contributed by atoms with E-state index in [1.165, 1.54) is 33.0 Å². The van der Waals surface area contributed by atoms with Crippen LogP contribution in [0.1, 0.15) is 0 Å². The summed E-state index contributed by atoms with van der Waals surface area (Å²) in [5, 5.41) is 4.73. The van der Waals surface area contributed by atoms with E-state index in [0.29, 0.717) is 0 Å². The topological polar surface area (TPSA) is 16.4 Å². The molecule has 0 atom stereocenters. The van der Waals surface area contributed by atoms with E-state index in [1.807, 2.05) is 0 Å². The van der Waals surface area contributed by atoms with E-state index in [1.54, 1.807) is 0 Å². The summed E-state index contributed by atoms with van der Waals surface area (Å²) in [5.41, 5.74) is 14.5. The lowest BCUT2D eigenvalue weighted by Crippen LogP contribution is -2.09. The molecule has 254 valence electrons. The lowest BCUT2D eigenvalue weighted by atomic mass is 9.94. The predicted molar refractivity (Wildman–Crippen MR) is 228 cm³/mol. The number of hydrogen-bond donors (Lipinski definition) is 0. The van der Waals surface area contributed by atoms with E-state index in [4.69, 9.17) is 4.42 Å². The Hall–Kier alpha value is -7.16. The molecule has 0 N–H and O–H groups in total. The van der Waals surface area contributed by atoms with Gasteiger partial charge in [-0.25, -0.2) is 0 Å². The van der Waals surface area contributed by atoms with Gasteiger partial charge in [0.05, 0.1) is 0 Å². The number of hydrogen-bond acceptors (Lipinski definition) is 2. The molecule has 2 nitrogen and oxygen atoms in total. The summed E-state index contributed by atoms with van der Waals surface area (Å²) >= 11 is 0. The van der Waals surface area contributed by atoms with Crippen molar-refractivity contribution >= 4 is 49.8 Å². The van der Waals surface area contributed by atoms with Crippen LogP contribution in [0.15, 0.2) is 217 Å². The minimum atomic E-state index is 0.891. The molecule has 1 heterocycles. The predicted octanol–water partition coefficient (Wildman–Crippen LogP) is 14.9. The van der Waals surface area contributed by atoms with E-state index >= 15 is 0 Å². The maximum atomic E-state index is 6.65. The molecule has 0 aliphatic rings. The summed E-state index contributed by atoms with van der Waals surface area (Å²) in [5.74, 6) is 0. The lowest BCUT2D eigenvalue weighted by molar-refractivity contribution is 0.669. The molecule has 0 saturated carbocycles. The minimum Gasteiger partial charge on any atom is -0.456 e. The second-order valence-electron chi connectivity index (χ2n) is 13.7. The molecule has 0 aliphatic carbocycles. The van der Waals surface area contributed by atoms with Crippen molar-refractivity contribution in [3.63, 3.8) is 0 Å². The molecular weight excluding hydrogens is 655 g/mol. The third-order valence-electron chi connectivity index (χ3n) is 10.4.